The van der Waals surface area contributed by atoms with Gasteiger partial charge in [0.2, 0.25) is 0 Å². The molecule has 0 rings (SSSR count). The quantitative estimate of drug-likeness (QED) is 0.508. The van der Waals surface area contributed by atoms with Crippen molar-refractivity contribution in [1.82, 2.24) is 0 Å². The van der Waals surface area contributed by atoms with Crippen LogP contribution < -0.4 is 0 Å². The maximum absolute atomic E-state index is 3.91. The molecule has 0 aliphatic carbocycles. The molecule has 65 valence electrons. The molecule has 0 nitrogen and oxygen atoms in total. The van der Waals surface area contributed by atoms with Gasteiger partial charge in [-0.15, -0.1) is 12.3 Å². The van der Waals surface area contributed by atoms with Crippen LogP contribution >= 0.6 is 0 Å². The molecule has 0 atom stereocenters. The smallest absolute Gasteiger partial charge is 0.0750 e. The summed E-state index contributed by atoms with van der Waals surface area (Å²) in [6.07, 6.45) is 5.50. The Labute approximate surface area is 73.3 Å². The summed E-state index contributed by atoms with van der Waals surface area (Å²) in [5.41, 5.74) is 2.23. The van der Waals surface area contributed by atoms with Gasteiger partial charge in [-0.25, -0.2) is 0 Å². The van der Waals surface area contributed by atoms with E-state index in [1.807, 2.05) is 0 Å². The highest BCUT2D eigenvalue weighted by Crippen LogP contribution is 2.09. The molecule has 1 heteroatoms. The minimum atomic E-state index is -0.145. The lowest BCUT2D eigenvalue weighted by Gasteiger charge is -2.07. The standard InChI is InChI=1S/C10H21Si/c1-4-7-9-11(6-3)10-8-5-2/h6H,3-5,7-10H2,1-2H3. The summed E-state index contributed by atoms with van der Waals surface area (Å²) in [4.78, 5) is 0. The maximum atomic E-state index is 3.91. The van der Waals surface area contributed by atoms with Crippen molar-refractivity contribution in [2.45, 2.75) is 51.6 Å². The van der Waals surface area contributed by atoms with Gasteiger partial charge >= 0.3 is 0 Å². The second-order valence-electron chi connectivity index (χ2n) is 3.07. The molecule has 0 bridgehead atoms. The third-order valence-electron chi connectivity index (χ3n) is 1.99. The Morgan fingerprint density at radius 2 is 1.55 bits per heavy atom. The van der Waals surface area contributed by atoms with Gasteiger partial charge in [-0.1, -0.05) is 51.6 Å². The molecule has 0 unspecified atom stereocenters. The van der Waals surface area contributed by atoms with Gasteiger partial charge in [0.15, 0.2) is 0 Å². The lowest BCUT2D eigenvalue weighted by molar-refractivity contribution is 0.845. The van der Waals surface area contributed by atoms with Gasteiger partial charge < -0.3 is 0 Å². The minimum absolute atomic E-state index is 0.145. The van der Waals surface area contributed by atoms with E-state index in [4.69, 9.17) is 0 Å². The first kappa shape index (κ1) is 11.0. The van der Waals surface area contributed by atoms with Crippen LogP contribution in [-0.4, -0.2) is 8.80 Å². The first-order valence-electron chi connectivity index (χ1n) is 4.82. The van der Waals surface area contributed by atoms with E-state index in [-0.39, 0.29) is 8.80 Å². The van der Waals surface area contributed by atoms with E-state index < -0.39 is 0 Å². The Morgan fingerprint density at radius 3 is 1.82 bits per heavy atom. The summed E-state index contributed by atoms with van der Waals surface area (Å²) in [5, 5.41) is 0. The molecule has 0 saturated heterocycles. The fraction of sp³-hybridized carbons (Fsp3) is 0.800. The largest absolute Gasteiger partial charge is 0.107 e. The van der Waals surface area contributed by atoms with Gasteiger partial charge in [0.25, 0.3) is 0 Å². The van der Waals surface area contributed by atoms with E-state index >= 15 is 0 Å². The summed E-state index contributed by atoms with van der Waals surface area (Å²) in [7, 11) is -0.145. The molecule has 0 fully saturated rings. The van der Waals surface area contributed by atoms with E-state index in [0.717, 1.165) is 0 Å². The van der Waals surface area contributed by atoms with Gasteiger partial charge in [-0.3, -0.25) is 0 Å². The van der Waals surface area contributed by atoms with Gasteiger partial charge in [-0.2, -0.15) is 0 Å². The van der Waals surface area contributed by atoms with E-state index in [9.17, 15) is 0 Å². The monoisotopic (exact) mass is 169 g/mol. The van der Waals surface area contributed by atoms with Gasteiger partial charge in [-0.05, 0) is 0 Å². The third-order valence-corrected chi connectivity index (χ3v) is 4.56. The predicted molar refractivity (Wildman–Crippen MR) is 55.4 cm³/mol. The Hall–Kier alpha value is -0.0431. The summed E-state index contributed by atoms with van der Waals surface area (Å²) >= 11 is 0. The number of rotatable bonds is 7. The number of unbranched alkanes of at least 4 members (excludes halogenated alkanes) is 2. The lowest BCUT2D eigenvalue weighted by atomic mass is 10.4. The molecule has 0 aromatic carbocycles. The van der Waals surface area contributed by atoms with Gasteiger partial charge in [0, 0.05) is 0 Å². The van der Waals surface area contributed by atoms with Crippen LogP contribution in [0, 0.1) is 0 Å². The summed E-state index contributed by atoms with van der Waals surface area (Å²) < 4.78 is 0. The van der Waals surface area contributed by atoms with Gasteiger partial charge in [0.1, 0.15) is 0 Å². The Morgan fingerprint density at radius 1 is 1.09 bits per heavy atom. The van der Waals surface area contributed by atoms with E-state index in [1.54, 1.807) is 0 Å². The van der Waals surface area contributed by atoms with Crippen LogP contribution in [0.3, 0.4) is 0 Å². The summed E-state index contributed by atoms with van der Waals surface area (Å²) in [6.45, 7) is 8.44. The molecular weight excluding hydrogens is 148 g/mol. The zero-order valence-corrected chi connectivity index (χ0v) is 9.03. The number of hydrogen-bond acceptors (Lipinski definition) is 0. The lowest BCUT2D eigenvalue weighted by Crippen LogP contribution is -2.07. The molecular formula is C10H21Si. The van der Waals surface area contributed by atoms with Crippen molar-refractivity contribution in [2.75, 3.05) is 0 Å². The normalized spacial score (nSPS) is 10.5. The highest BCUT2D eigenvalue weighted by molar-refractivity contribution is 6.64. The Bertz CT molecular complexity index is 80.9. The van der Waals surface area contributed by atoms with Crippen molar-refractivity contribution in [3.05, 3.63) is 12.3 Å². The molecule has 0 aromatic heterocycles. The molecule has 11 heavy (non-hydrogen) atoms. The average Bonchev–Trinajstić information content (AvgIpc) is 2.05. The van der Waals surface area contributed by atoms with Crippen LogP contribution in [0.2, 0.25) is 12.1 Å². The SMILES string of the molecule is C=C[Si](CCCC)CCCC. The second kappa shape index (κ2) is 8.06. The first-order chi connectivity index (χ1) is 5.35. The number of hydrogen-bond donors (Lipinski definition) is 0. The highest BCUT2D eigenvalue weighted by Gasteiger charge is 2.03. The minimum Gasteiger partial charge on any atom is -0.107 e. The van der Waals surface area contributed by atoms with Crippen LogP contribution in [0.25, 0.3) is 0 Å². The molecule has 0 aromatic rings. The Kier molecular flexibility index (Phi) is 8.03. The zero-order valence-electron chi connectivity index (χ0n) is 8.03. The summed E-state index contributed by atoms with van der Waals surface area (Å²) in [6, 6.07) is 2.90. The molecule has 0 spiro atoms. The summed E-state index contributed by atoms with van der Waals surface area (Å²) in [5.74, 6) is 0. The van der Waals surface area contributed by atoms with Crippen molar-refractivity contribution in [1.29, 1.82) is 0 Å². The molecule has 0 saturated carbocycles. The molecule has 0 aliphatic rings. The molecule has 0 heterocycles. The first-order valence-corrected chi connectivity index (χ1v) is 6.81. The van der Waals surface area contributed by atoms with Crippen molar-refractivity contribution in [2.24, 2.45) is 0 Å². The van der Waals surface area contributed by atoms with E-state index in [2.05, 4.69) is 26.1 Å². The van der Waals surface area contributed by atoms with Gasteiger partial charge in [0.05, 0.1) is 8.80 Å². The third kappa shape index (κ3) is 6.36. The average molecular weight is 169 g/mol. The molecule has 0 aliphatic heterocycles. The van der Waals surface area contributed by atoms with Crippen molar-refractivity contribution < 1.29 is 0 Å². The maximum Gasteiger partial charge on any atom is 0.0750 e. The predicted octanol–water partition coefficient (Wildman–Crippen LogP) is 3.81. The van der Waals surface area contributed by atoms with E-state index in [1.165, 1.54) is 37.8 Å². The fourth-order valence-electron chi connectivity index (χ4n) is 1.14. The Balaban J connectivity index is 3.33. The van der Waals surface area contributed by atoms with Crippen molar-refractivity contribution in [3.8, 4) is 0 Å². The van der Waals surface area contributed by atoms with Crippen LogP contribution in [0.15, 0.2) is 12.3 Å². The van der Waals surface area contributed by atoms with Crippen LogP contribution in [-0.2, 0) is 0 Å². The zero-order chi connectivity index (χ0) is 8.53. The molecule has 0 N–H and O–H groups in total. The van der Waals surface area contributed by atoms with Crippen LogP contribution in [0.1, 0.15) is 39.5 Å². The topological polar surface area (TPSA) is 0 Å². The highest BCUT2D eigenvalue weighted by atomic mass is 28.3. The fourth-order valence-corrected chi connectivity index (χ4v) is 3.41. The van der Waals surface area contributed by atoms with Crippen molar-refractivity contribution in [3.63, 3.8) is 0 Å². The molecule has 0 amide bonds. The second-order valence-corrected chi connectivity index (χ2v) is 5.79. The van der Waals surface area contributed by atoms with Crippen molar-refractivity contribution >= 4 is 8.80 Å². The van der Waals surface area contributed by atoms with Crippen LogP contribution in [0.4, 0.5) is 0 Å². The van der Waals surface area contributed by atoms with Crippen LogP contribution in [0.5, 0.6) is 0 Å². The molecule has 1 radical (unpaired) electrons. The van der Waals surface area contributed by atoms with E-state index in [0.29, 0.717) is 0 Å².